The number of fused-ring (bicyclic) bond motifs is 1. The van der Waals surface area contributed by atoms with Crippen molar-refractivity contribution < 1.29 is 4.74 Å². The van der Waals surface area contributed by atoms with E-state index < -0.39 is 0 Å². The maximum atomic E-state index is 8.84. The highest BCUT2D eigenvalue weighted by molar-refractivity contribution is 6.38. The van der Waals surface area contributed by atoms with Crippen molar-refractivity contribution in [2.45, 2.75) is 0 Å². The molecule has 25 heavy (non-hydrogen) atoms. The van der Waals surface area contributed by atoms with Gasteiger partial charge in [-0.3, -0.25) is 4.98 Å². The number of aromatic nitrogens is 2. The minimum Gasteiger partial charge on any atom is -0.457 e. The zero-order valence-electron chi connectivity index (χ0n) is 13.7. The van der Waals surface area contributed by atoms with E-state index in [-0.39, 0.29) is 0 Å². The molecule has 2 aromatic heterocycles. The molecule has 0 amide bonds. The molecule has 4 rings (SSSR count). The summed E-state index contributed by atoms with van der Waals surface area (Å²) in [5.41, 5.74) is 4.92. The molecule has 0 aliphatic carbocycles. The maximum Gasteiger partial charge on any atom is 0.144 e. The van der Waals surface area contributed by atoms with Crippen LogP contribution in [-0.2, 0) is 0 Å². The first-order valence-electron chi connectivity index (χ1n) is 7.96. The van der Waals surface area contributed by atoms with Crippen molar-refractivity contribution in [1.29, 1.82) is 5.26 Å². The highest BCUT2D eigenvalue weighted by Crippen LogP contribution is 2.24. The van der Waals surface area contributed by atoms with E-state index in [1.807, 2.05) is 36.5 Å². The summed E-state index contributed by atoms with van der Waals surface area (Å²) in [7, 11) is 2.06. The number of nitrogens with zero attached hydrogens (tertiary/aromatic N) is 3. The molecule has 0 aliphatic heterocycles. The standard InChI is InChI=1S/C20H14BN3O/c21-18-13-24(19-2-1-11-23-20(18)19)15-5-9-17(10-6-15)25-16-7-3-14(12-22)4-8-16/h1-11,13H,21H2. The van der Waals surface area contributed by atoms with Crippen molar-refractivity contribution in [3.63, 3.8) is 0 Å². The number of benzene rings is 2. The molecule has 0 aliphatic rings. The second-order valence-corrected chi connectivity index (χ2v) is 5.79. The number of nitriles is 1. The first kappa shape index (κ1) is 15.0. The van der Waals surface area contributed by atoms with E-state index in [2.05, 4.69) is 35.7 Å². The predicted molar refractivity (Wildman–Crippen MR) is 100 cm³/mol. The topological polar surface area (TPSA) is 50.8 Å². The van der Waals surface area contributed by atoms with Gasteiger partial charge in [-0.1, -0.05) is 0 Å². The molecule has 0 atom stereocenters. The van der Waals surface area contributed by atoms with Gasteiger partial charge in [-0.05, 0) is 66.1 Å². The summed E-state index contributed by atoms with van der Waals surface area (Å²) in [5, 5.41) is 8.84. The average Bonchev–Trinajstić information content (AvgIpc) is 3.00. The minimum absolute atomic E-state index is 0.617. The van der Waals surface area contributed by atoms with E-state index in [0.717, 1.165) is 27.9 Å². The molecule has 0 bridgehead atoms. The van der Waals surface area contributed by atoms with Crippen molar-refractivity contribution in [3.05, 3.63) is 78.6 Å². The molecule has 4 nitrogen and oxygen atoms in total. The molecule has 0 N–H and O–H groups in total. The second kappa shape index (κ2) is 6.18. The average molecular weight is 323 g/mol. The molecule has 0 fully saturated rings. The van der Waals surface area contributed by atoms with Crippen LogP contribution in [0.3, 0.4) is 0 Å². The monoisotopic (exact) mass is 323 g/mol. The van der Waals surface area contributed by atoms with Crippen LogP contribution in [0.5, 0.6) is 11.5 Å². The Morgan fingerprint density at radius 2 is 1.64 bits per heavy atom. The van der Waals surface area contributed by atoms with Crippen LogP contribution >= 0.6 is 0 Å². The smallest absolute Gasteiger partial charge is 0.144 e. The van der Waals surface area contributed by atoms with E-state index in [1.54, 1.807) is 24.3 Å². The fraction of sp³-hybridized carbons (Fsp3) is 0. The van der Waals surface area contributed by atoms with Gasteiger partial charge < -0.3 is 9.30 Å². The minimum atomic E-state index is 0.617. The van der Waals surface area contributed by atoms with Crippen LogP contribution in [0.2, 0.25) is 0 Å². The molecule has 0 unspecified atom stereocenters. The molecule has 0 radical (unpaired) electrons. The molecule has 5 heteroatoms. The second-order valence-electron chi connectivity index (χ2n) is 5.79. The summed E-state index contributed by atoms with van der Waals surface area (Å²) in [6, 6.07) is 21.1. The van der Waals surface area contributed by atoms with Gasteiger partial charge in [0.25, 0.3) is 0 Å². The van der Waals surface area contributed by atoms with Crippen LogP contribution in [0, 0.1) is 11.3 Å². The molecule has 2 heterocycles. The van der Waals surface area contributed by atoms with Crippen LogP contribution in [0.4, 0.5) is 0 Å². The molecule has 0 saturated heterocycles. The van der Waals surface area contributed by atoms with Gasteiger partial charge in [0.05, 0.1) is 22.7 Å². The summed E-state index contributed by atoms with van der Waals surface area (Å²) in [6.07, 6.45) is 3.91. The number of ether oxygens (including phenoxy) is 1. The number of pyridine rings is 1. The lowest BCUT2D eigenvalue weighted by Crippen LogP contribution is -1.99. The molecule has 0 saturated carbocycles. The number of hydrogen-bond donors (Lipinski definition) is 0. The zero-order valence-corrected chi connectivity index (χ0v) is 13.7. The van der Waals surface area contributed by atoms with E-state index in [4.69, 9.17) is 10.00 Å². The van der Waals surface area contributed by atoms with E-state index in [0.29, 0.717) is 11.3 Å². The molecule has 4 aromatic rings. The number of hydrogen-bond acceptors (Lipinski definition) is 3. The van der Waals surface area contributed by atoms with Gasteiger partial charge in [0.2, 0.25) is 0 Å². The predicted octanol–water partition coefficient (Wildman–Crippen LogP) is 2.95. The lowest BCUT2D eigenvalue weighted by molar-refractivity contribution is 0.482. The van der Waals surface area contributed by atoms with Gasteiger partial charge >= 0.3 is 0 Å². The summed E-state index contributed by atoms with van der Waals surface area (Å²) in [6.45, 7) is 0. The molecular weight excluding hydrogens is 309 g/mol. The fourth-order valence-corrected chi connectivity index (χ4v) is 2.84. The summed E-state index contributed by atoms with van der Waals surface area (Å²) < 4.78 is 7.96. The highest BCUT2D eigenvalue weighted by atomic mass is 16.5. The highest BCUT2D eigenvalue weighted by Gasteiger charge is 2.07. The first-order chi connectivity index (χ1) is 12.2. The van der Waals surface area contributed by atoms with Crippen molar-refractivity contribution >= 4 is 24.3 Å². The lowest BCUT2D eigenvalue weighted by Gasteiger charge is -2.08. The van der Waals surface area contributed by atoms with Crippen molar-refractivity contribution in [2.75, 3.05) is 0 Å². The summed E-state index contributed by atoms with van der Waals surface area (Å²) in [5.74, 6) is 1.46. The Hall–Kier alpha value is -3.52. The van der Waals surface area contributed by atoms with E-state index >= 15 is 0 Å². The molecule has 2 aromatic carbocycles. The third kappa shape index (κ3) is 2.86. The van der Waals surface area contributed by atoms with Crippen molar-refractivity contribution in [3.8, 4) is 23.3 Å². The fourth-order valence-electron chi connectivity index (χ4n) is 2.84. The normalized spacial score (nSPS) is 10.5. The van der Waals surface area contributed by atoms with E-state index in [9.17, 15) is 0 Å². The van der Waals surface area contributed by atoms with Gasteiger partial charge in [-0.25, -0.2) is 0 Å². The molecular formula is C20H14BN3O. The van der Waals surface area contributed by atoms with Crippen LogP contribution in [-0.4, -0.2) is 17.4 Å². The van der Waals surface area contributed by atoms with Crippen LogP contribution in [0.25, 0.3) is 16.7 Å². The Balaban J connectivity index is 1.62. The zero-order chi connectivity index (χ0) is 17.2. The quantitative estimate of drug-likeness (QED) is 0.545. The SMILES string of the molecule is Bc1cn(-c2ccc(Oc3ccc(C#N)cc3)cc2)c2cccnc12. The van der Waals surface area contributed by atoms with Gasteiger partial charge in [0.15, 0.2) is 0 Å². The third-order valence-corrected chi connectivity index (χ3v) is 4.08. The summed E-state index contributed by atoms with van der Waals surface area (Å²) >= 11 is 0. The Morgan fingerprint density at radius 3 is 2.32 bits per heavy atom. The van der Waals surface area contributed by atoms with Crippen molar-refractivity contribution in [1.82, 2.24) is 9.55 Å². The maximum absolute atomic E-state index is 8.84. The van der Waals surface area contributed by atoms with Gasteiger partial charge in [-0.2, -0.15) is 5.26 Å². The van der Waals surface area contributed by atoms with E-state index in [1.165, 1.54) is 0 Å². The van der Waals surface area contributed by atoms with Gasteiger partial charge in [-0.15, -0.1) is 0 Å². The Labute approximate surface area is 146 Å². The lowest BCUT2D eigenvalue weighted by atomic mass is 9.99. The first-order valence-corrected chi connectivity index (χ1v) is 7.96. The van der Waals surface area contributed by atoms with Gasteiger partial charge in [0, 0.05) is 18.1 Å². The number of rotatable bonds is 3. The van der Waals surface area contributed by atoms with Crippen molar-refractivity contribution in [2.24, 2.45) is 0 Å². The van der Waals surface area contributed by atoms with Crippen LogP contribution in [0.1, 0.15) is 5.56 Å². The van der Waals surface area contributed by atoms with Crippen LogP contribution < -0.4 is 10.2 Å². The Kier molecular flexibility index (Phi) is 3.72. The summed E-state index contributed by atoms with van der Waals surface area (Å²) in [4.78, 5) is 4.45. The largest absolute Gasteiger partial charge is 0.457 e. The molecule has 0 spiro atoms. The third-order valence-electron chi connectivity index (χ3n) is 4.08. The Bertz CT molecular complexity index is 1080. The van der Waals surface area contributed by atoms with Crippen LogP contribution in [0.15, 0.2) is 73.1 Å². The Morgan fingerprint density at radius 1 is 0.960 bits per heavy atom. The van der Waals surface area contributed by atoms with Gasteiger partial charge in [0.1, 0.15) is 19.3 Å². The molecule has 118 valence electrons.